The largest absolute Gasteiger partial charge is 0.340 e. The van der Waals surface area contributed by atoms with Gasteiger partial charge in [0, 0.05) is 13.1 Å². The smallest absolute Gasteiger partial charge is 0.294 e. The van der Waals surface area contributed by atoms with E-state index in [1.165, 1.54) is 42.3 Å². The lowest BCUT2D eigenvalue weighted by atomic mass is 10.2. The minimum Gasteiger partial charge on any atom is -0.340 e. The van der Waals surface area contributed by atoms with Gasteiger partial charge in [0.25, 0.3) is 11.1 Å². The van der Waals surface area contributed by atoms with E-state index in [1.807, 2.05) is 0 Å². The second-order valence-corrected chi connectivity index (χ2v) is 9.60. The molecule has 1 atom stereocenters. The minimum absolute atomic E-state index is 0.0251. The van der Waals surface area contributed by atoms with Crippen LogP contribution in [0.1, 0.15) is 12.0 Å². The number of carbonyl (C=O) groups excluding carboxylic acids is 3. The zero-order valence-electron chi connectivity index (χ0n) is 14.4. The van der Waals surface area contributed by atoms with Gasteiger partial charge in [-0.3, -0.25) is 19.3 Å². The van der Waals surface area contributed by atoms with Gasteiger partial charge in [0.15, 0.2) is 9.84 Å². The number of rotatable bonds is 4. The molecule has 3 amide bonds. The van der Waals surface area contributed by atoms with E-state index in [2.05, 4.69) is 0 Å². The SMILES string of the molecule is CN(C(=O)CN1C(=O)SC(=Cc2ccc(F)cc2)C1=O)C1CCS(=O)(=O)C1. The van der Waals surface area contributed by atoms with Gasteiger partial charge >= 0.3 is 0 Å². The van der Waals surface area contributed by atoms with Crippen molar-refractivity contribution in [3.05, 3.63) is 40.6 Å². The normalized spacial score (nSPS) is 23.3. The summed E-state index contributed by atoms with van der Waals surface area (Å²) in [5.74, 6) is -1.60. The Kier molecular flexibility index (Phi) is 5.38. The lowest BCUT2D eigenvalue weighted by Crippen LogP contribution is -2.45. The first-order chi connectivity index (χ1) is 12.7. The molecule has 0 saturated carbocycles. The summed E-state index contributed by atoms with van der Waals surface area (Å²) in [5, 5.41) is -0.575. The molecule has 3 rings (SSSR count). The Balaban J connectivity index is 1.68. The van der Waals surface area contributed by atoms with Crippen molar-refractivity contribution in [1.29, 1.82) is 0 Å². The predicted octanol–water partition coefficient (Wildman–Crippen LogP) is 1.51. The molecule has 0 aromatic heterocycles. The second kappa shape index (κ2) is 7.43. The minimum atomic E-state index is -3.15. The van der Waals surface area contributed by atoms with E-state index in [0.717, 1.165) is 4.90 Å². The van der Waals surface area contributed by atoms with Crippen LogP contribution < -0.4 is 0 Å². The van der Waals surface area contributed by atoms with Crippen molar-refractivity contribution in [2.24, 2.45) is 0 Å². The van der Waals surface area contributed by atoms with Crippen LogP contribution in [0.3, 0.4) is 0 Å². The van der Waals surface area contributed by atoms with Gasteiger partial charge in [0.05, 0.1) is 16.4 Å². The fraction of sp³-hybridized carbons (Fsp3) is 0.353. The first-order valence-corrected chi connectivity index (χ1v) is 10.8. The van der Waals surface area contributed by atoms with Gasteiger partial charge in [-0.15, -0.1) is 0 Å². The highest BCUT2D eigenvalue weighted by Gasteiger charge is 2.39. The highest BCUT2D eigenvalue weighted by atomic mass is 32.2. The summed E-state index contributed by atoms with van der Waals surface area (Å²) in [6.07, 6.45) is 1.80. The van der Waals surface area contributed by atoms with E-state index in [9.17, 15) is 27.2 Å². The maximum atomic E-state index is 13.0. The average Bonchev–Trinajstić information content (AvgIpc) is 3.10. The topological polar surface area (TPSA) is 91.8 Å². The molecule has 1 aromatic rings. The number of amides is 3. The zero-order chi connectivity index (χ0) is 19.8. The Morgan fingerprint density at radius 1 is 1.33 bits per heavy atom. The van der Waals surface area contributed by atoms with Crippen molar-refractivity contribution in [3.8, 4) is 0 Å². The summed E-state index contributed by atoms with van der Waals surface area (Å²) < 4.78 is 36.1. The molecule has 2 heterocycles. The molecule has 1 aromatic carbocycles. The molecule has 2 fully saturated rings. The lowest BCUT2D eigenvalue weighted by molar-refractivity contribution is -0.136. The number of hydrogen-bond acceptors (Lipinski definition) is 6. The number of thioether (sulfide) groups is 1. The van der Waals surface area contributed by atoms with E-state index < -0.39 is 45.3 Å². The number of benzene rings is 1. The summed E-state index contributed by atoms with van der Waals surface area (Å²) in [5.41, 5.74) is 0.557. The highest BCUT2D eigenvalue weighted by Crippen LogP contribution is 2.32. The number of likely N-dealkylation sites (N-methyl/N-ethyl adjacent to an activating group) is 1. The molecular weight excluding hydrogens is 395 g/mol. The Morgan fingerprint density at radius 2 is 2.00 bits per heavy atom. The van der Waals surface area contributed by atoms with Crippen LogP contribution >= 0.6 is 11.8 Å². The molecule has 0 N–H and O–H groups in total. The van der Waals surface area contributed by atoms with Crippen LogP contribution in [0.25, 0.3) is 6.08 Å². The molecule has 144 valence electrons. The van der Waals surface area contributed by atoms with Crippen LogP contribution in [0.4, 0.5) is 9.18 Å². The van der Waals surface area contributed by atoms with Gasteiger partial charge in [-0.25, -0.2) is 12.8 Å². The predicted molar refractivity (Wildman–Crippen MR) is 98.9 cm³/mol. The monoisotopic (exact) mass is 412 g/mol. The maximum Gasteiger partial charge on any atom is 0.294 e. The summed E-state index contributed by atoms with van der Waals surface area (Å²) in [7, 11) is -1.68. The van der Waals surface area contributed by atoms with Crippen LogP contribution in [0.5, 0.6) is 0 Å². The molecule has 7 nitrogen and oxygen atoms in total. The zero-order valence-corrected chi connectivity index (χ0v) is 16.1. The molecule has 27 heavy (non-hydrogen) atoms. The quantitative estimate of drug-likeness (QED) is 0.696. The first kappa shape index (κ1) is 19.6. The fourth-order valence-electron chi connectivity index (χ4n) is 2.88. The summed E-state index contributed by atoms with van der Waals surface area (Å²) >= 11 is 0.705. The van der Waals surface area contributed by atoms with Crippen molar-refractivity contribution in [3.63, 3.8) is 0 Å². The number of carbonyl (C=O) groups is 3. The number of imide groups is 1. The number of nitrogens with zero attached hydrogens (tertiary/aromatic N) is 2. The lowest BCUT2D eigenvalue weighted by Gasteiger charge is -2.25. The van der Waals surface area contributed by atoms with Crippen LogP contribution in [0.2, 0.25) is 0 Å². The molecule has 0 radical (unpaired) electrons. The van der Waals surface area contributed by atoms with Crippen molar-refractivity contribution in [2.45, 2.75) is 12.5 Å². The van der Waals surface area contributed by atoms with Gasteiger partial charge in [-0.05, 0) is 42.0 Å². The van der Waals surface area contributed by atoms with E-state index >= 15 is 0 Å². The maximum absolute atomic E-state index is 13.0. The Labute approximate surface area is 160 Å². The summed E-state index contributed by atoms with van der Waals surface area (Å²) in [6, 6.07) is 4.98. The van der Waals surface area contributed by atoms with Crippen LogP contribution in [-0.2, 0) is 19.4 Å². The molecule has 2 aliphatic heterocycles. The Bertz CT molecular complexity index is 927. The van der Waals surface area contributed by atoms with Crippen molar-refractivity contribution < 1.29 is 27.2 Å². The van der Waals surface area contributed by atoms with Gasteiger partial charge in [-0.1, -0.05) is 12.1 Å². The van der Waals surface area contributed by atoms with E-state index in [1.54, 1.807) is 0 Å². The van der Waals surface area contributed by atoms with E-state index in [0.29, 0.717) is 23.7 Å². The highest BCUT2D eigenvalue weighted by molar-refractivity contribution is 8.18. The molecule has 0 spiro atoms. The third-order valence-electron chi connectivity index (χ3n) is 4.48. The molecule has 2 saturated heterocycles. The van der Waals surface area contributed by atoms with Gasteiger partial charge in [0.1, 0.15) is 12.4 Å². The molecule has 10 heteroatoms. The molecular formula is C17H17FN2O5S2. The summed E-state index contributed by atoms with van der Waals surface area (Å²) in [6.45, 7) is -0.446. The average molecular weight is 412 g/mol. The third kappa shape index (κ3) is 4.38. The Morgan fingerprint density at radius 3 is 2.59 bits per heavy atom. The van der Waals surface area contributed by atoms with E-state index in [4.69, 9.17) is 0 Å². The van der Waals surface area contributed by atoms with Crippen molar-refractivity contribution in [2.75, 3.05) is 25.1 Å². The third-order valence-corrected chi connectivity index (χ3v) is 7.14. The van der Waals surface area contributed by atoms with Crippen molar-refractivity contribution >= 4 is 44.7 Å². The van der Waals surface area contributed by atoms with Gasteiger partial charge < -0.3 is 4.90 Å². The standard InChI is InChI=1S/C17H17FN2O5S2/c1-19(13-6-7-27(24,25)10-13)15(21)9-20-16(22)14(26-17(20)23)8-11-2-4-12(18)5-3-11/h2-5,8,13H,6-7,9-10H2,1H3. The first-order valence-electron chi connectivity index (χ1n) is 8.13. The van der Waals surface area contributed by atoms with Crippen LogP contribution in [0, 0.1) is 5.82 Å². The molecule has 0 bridgehead atoms. The summed E-state index contributed by atoms with van der Waals surface area (Å²) in [4.78, 5) is 39.2. The molecule has 0 aliphatic carbocycles. The van der Waals surface area contributed by atoms with Gasteiger partial charge in [-0.2, -0.15) is 0 Å². The van der Waals surface area contributed by atoms with Gasteiger partial charge in [0.2, 0.25) is 5.91 Å². The number of sulfone groups is 1. The number of hydrogen-bond donors (Lipinski definition) is 0. The molecule has 1 unspecified atom stereocenters. The Hall–Kier alpha value is -2.20. The fourth-order valence-corrected chi connectivity index (χ4v) is 5.49. The number of halogens is 1. The van der Waals surface area contributed by atoms with Crippen LogP contribution in [0.15, 0.2) is 29.2 Å². The van der Waals surface area contributed by atoms with Crippen LogP contribution in [-0.4, -0.2) is 66.4 Å². The van der Waals surface area contributed by atoms with Crippen molar-refractivity contribution in [1.82, 2.24) is 9.80 Å². The molecule has 2 aliphatic rings. The van der Waals surface area contributed by atoms with E-state index in [-0.39, 0.29) is 16.4 Å². The second-order valence-electron chi connectivity index (χ2n) is 6.38.